The first-order chi connectivity index (χ1) is 8.70. The minimum atomic E-state index is -0.674. The molecule has 0 spiro atoms. The molecule has 0 amide bonds. The Bertz CT molecular complexity index is 502. The standard InChI is InChI=1S/C14H19NOS2/c1-3-18(16)9-8-15-11(2)14-10-12-6-4-5-7-13(12)17-14/h4-7,10-11,15H,3,8-9H2,1-2H3. The molecule has 0 radical (unpaired) electrons. The molecule has 1 N–H and O–H groups in total. The van der Waals surface area contributed by atoms with Crippen LogP contribution in [0.4, 0.5) is 0 Å². The summed E-state index contributed by atoms with van der Waals surface area (Å²) in [5.41, 5.74) is 0. The molecule has 1 heterocycles. The summed E-state index contributed by atoms with van der Waals surface area (Å²) in [6.45, 7) is 4.95. The molecule has 0 aliphatic rings. The van der Waals surface area contributed by atoms with Gasteiger partial charge < -0.3 is 5.32 Å². The number of hydrogen-bond donors (Lipinski definition) is 1. The Hall–Kier alpha value is -0.710. The molecule has 0 saturated heterocycles. The van der Waals surface area contributed by atoms with E-state index in [9.17, 15) is 4.21 Å². The first kappa shape index (κ1) is 13.7. The molecule has 0 aliphatic heterocycles. The zero-order valence-corrected chi connectivity index (χ0v) is 12.4. The highest BCUT2D eigenvalue weighted by Gasteiger charge is 2.09. The number of rotatable bonds is 6. The summed E-state index contributed by atoms with van der Waals surface area (Å²) in [4.78, 5) is 1.35. The summed E-state index contributed by atoms with van der Waals surface area (Å²) in [6, 6.07) is 11.0. The molecule has 1 aromatic heterocycles. The van der Waals surface area contributed by atoms with Crippen molar-refractivity contribution >= 4 is 32.2 Å². The first-order valence-corrected chi connectivity index (χ1v) is 8.58. The second-order valence-electron chi connectivity index (χ2n) is 4.30. The van der Waals surface area contributed by atoms with Crippen molar-refractivity contribution < 1.29 is 4.21 Å². The Kier molecular flexibility index (Phi) is 4.92. The van der Waals surface area contributed by atoms with Gasteiger partial charge in [-0.1, -0.05) is 25.1 Å². The predicted molar refractivity (Wildman–Crippen MR) is 81.8 cm³/mol. The molecule has 98 valence electrons. The van der Waals surface area contributed by atoms with Crippen LogP contribution in [0, 0.1) is 0 Å². The third-order valence-electron chi connectivity index (χ3n) is 2.97. The topological polar surface area (TPSA) is 29.1 Å². The highest BCUT2D eigenvalue weighted by molar-refractivity contribution is 7.84. The summed E-state index contributed by atoms with van der Waals surface area (Å²) in [6.07, 6.45) is 0. The van der Waals surface area contributed by atoms with Gasteiger partial charge >= 0.3 is 0 Å². The van der Waals surface area contributed by atoms with E-state index in [1.807, 2.05) is 18.3 Å². The molecular weight excluding hydrogens is 262 g/mol. The second-order valence-corrected chi connectivity index (χ2v) is 7.28. The highest BCUT2D eigenvalue weighted by atomic mass is 32.2. The van der Waals surface area contributed by atoms with Crippen molar-refractivity contribution in [3.8, 4) is 0 Å². The zero-order valence-electron chi connectivity index (χ0n) is 10.8. The van der Waals surface area contributed by atoms with Crippen molar-refractivity contribution in [3.63, 3.8) is 0 Å². The Labute approximate surface area is 115 Å². The molecule has 2 rings (SSSR count). The van der Waals surface area contributed by atoms with Gasteiger partial charge in [-0.25, -0.2) is 0 Å². The molecule has 0 fully saturated rings. The van der Waals surface area contributed by atoms with Gasteiger partial charge in [-0.2, -0.15) is 0 Å². The Balaban J connectivity index is 1.96. The van der Waals surface area contributed by atoms with E-state index in [2.05, 4.69) is 42.6 Å². The SMILES string of the molecule is CCS(=O)CCNC(C)c1cc2ccccc2s1. The minimum Gasteiger partial charge on any atom is -0.309 e. The van der Waals surface area contributed by atoms with Crippen LogP contribution in [0.3, 0.4) is 0 Å². The lowest BCUT2D eigenvalue weighted by Gasteiger charge is -2.11. The highest BCUT2D eigenvalue weighted by Crippen LogP contribution is 2.29. The van der Waals surface area contributed by atoms with Gasteiger partial charge in [0.15, 0.2) is 0 Å². The summed E-state index contributed by atoms with van der Waals surface area (Å²) in [5.74, 6) is 1.49. The van der Waals surface area contributed by atoms with E-state index in [0.717, 1.165) is 18.1 Å². The van der Waals surface area contributed by atoms with Crippen LogP contribution >= 0.6 is 11.3 Å². The van der Waals surface area contributed by atoms with Crippen LogP contribution in [0.15, 0.2) is 30.3 Å². The Morgan fingerprint density at radius 3 is 2.89 bits per heavy atom. The fourth-order valence-corrected chi connectivity index (χ4v) is 3.58. The molecule has 2 nitrogen and oxygen atoms in total. The molecule has 18 heavy (non-hydrogen) atoms. The number of nitrogens with one attached hydrogen (secondary N) is 1. The van der Waals surface area contributed by atoms with Gasteiger partial charge in [0, 0.05) is 44.5 Å². The van der Waals surface area contributed by atoms with Crippen molar-refractivity contribution in [1.29, 1.82) is 0 Å². The summed E-state index contributed by atoms with van der Waals surface area (Å²) in [5, 5.41) is 4.75. The van der Waals surface area contributed by atoms with Crippen LogP contribution in [-0.2, 0) is 10.8 Å². The summed E-state index contributed by atoms with van der Waals surface area (Å²) < 4.78 is 12.7. The van der Waals surface area contributed by atoms with Gasteiger partial charge in [0.1, 0.15) is 0 Å². The van der Waals surface area contributed by atoms with Gasteiger partial charge in [-0.15, -0.1) is 11.3 Å². The molecule has 2 unspecified atom stereocenters. The van der Waals surface area contributed by atoms with Crippen molar-refractivity contribution in [1.82, 2.24) is 5.32 Å². The third-order valence-corrected chi connectivity index (χ3v) is 5.58. The van der Waals surface area contributed by atoms with Crippen LogP contribution < -0.4 is 5.32 Å². The van der Waals surface area contributed by atoms with Gasteiger partial charge in [0.2, 0.25) is 0 Å². The van der Waals surface area contributed by atoms with E-state index >= 15 is 0 Å². The van der Waals surface area contributed by atoms with Crippen molar-refractivity contribution in [2.45, 2.75) is 19.9 Å². The molecule has 2 atom stereocenters. The van der Waals surface area contributed by atoms with Crippen molar-refractivity contribution in [2.75, 3.05) is 18.1 Å². The fraction of sp³-hybridized carbons (Fsp3) is 0.429. The summed E-state index contributed by atoms with van der Waals surface area (Å²) >= 11 is 1.83. The molecule has 1 aromatic carbocycles. The van der Waals surface area contributed by atoms with E-state index in [-0.39, 0.29) is 0 Å². The average Bonchev–Trinajstić information content (AvgIpc) is 2.82. The Morgan fingerprint density at radius 1 is 1.39 bits per heavy atom. The van der Waals surface area contributed by atoms with E-state index in [4.69, 9.17) is 0 Å². The minimum absolute atomic E-state index is 0.330. The molecular formula is C14H19NOS2. The zero-order chi connectivity index (χ0) is 13.0. The fourth-order valence-electron chi connectivity index (χ4n) is 1.85. The first-order valence-electron chi connectivity index (χ1n) is 6.27. The number of thiophene rings is 1. The second kappa shape index (κ2) is 6.45. The smallest absolute Gasteiger partial charge is 0.0386 e. The van der Waals surface area contributed by atoms with Gasteiger partial charge in [0.25, 0.3) is 0 Å². The quantitative estimate of drug-likeness (QED) is 0.880. The normalized spacial score (nSPS) is 14.8. The lowest BCUT2D eigenvalue weighted by atomic mass is 10.2. The largest absolute Gasteiger partial charge is 0.309 e. The maximum Gasteiger partial charge on any atom is 0.0386 e. The molecule has 4 heteroatoms. The van der Waals surface area contributed by atoms with E-state index in [1.165, 1.54) is 15.0 Å². The molecule has 0 aliphatic carbocycles. The third kappa shape index (κ3) is 3.40. The van der Waals surface area contributed by atoms with Crippen molar-refractivity contribution in [2.24, 2.45) is 0 Å². The van der Waals surface area contributed by atoms with Crippen LogP contribution in [0.5, 0.6) is 0 Å². The lowest BCUT2D eigenvalue weighted by Crippen LogP contribution is -2.23. The Morgan fingerprint density at radius 2 is 2.17 bits per heavy atom. The maximum atomic E-state index is 11.3. The lowest BCUT2D eigenvalue weighted by molar-refractivity contribution is 0.605. The average molecular weight is 281 g/mol. The van der Waals surface area contributed by atoms with E-state index in [1.54, 1.807) is 0 Å². The predicted octanol–water partition coefficient (Wildman–Crippen LogP) is 3.32. The molecule has 0 saturated carbocycles. The molecule has 2 aromatic rings. The van der Waals surface area contributed by atoms with Crippen LogP contribution in [0.1, 0.15) is 24.8 Å². The van der Waals surface area contributed by atoms with Crippen LogP contribution in [-0.4, -0.2) is 22.3 Å². The van der Waals surface area contributed by atoms with E-state index in [0.29, 0.717) is 6.04 Å². The molecule has 0 bridgehead atoms. The van der Waals surface area contributed by atoms with Gasteiger partial charge in [-0.3, -0.25) is 4.21 Å². The van der Waals surface area contributed by atoms with Crippen LogP contribution in [0.25, 0.3) is 10.1 Å². The van der Waals surface area contributed by atoms with Gasteiger partial charge in [0.05, 0.1) is 0 Å². The summed E-state index contributed by atoms with van der Waals surface area (Å²) in [7, 11) is -0.674. The number of hydrogen-bond acceptors (Lipinski definition) is 3. The number of benzene rings is 1. The van der Waals surface area contributed by atoms with Crippen LogP contribution in [0.2, 0.25) is 0 Å². The van der Waals surface area contributed by atoms with Crippen molar-refractivity contribution in [3.05, 3.63) is 35.2 Å². The number of fused-ring (bicyclic) bond motifs is 1. The maximum absolute atomic E-state index is 11.3. The van der Waals surface area contributed by atoms with E-state index < -0.39 is 10.8 Å². The monoisotopic (exact) mass is 281 g/mol. The van der Waals surface area contributed by atoms with Gasteiger partial charge in [-0.05, 0) is 24.4 Å².